The molecule has 1 atom stereocenters. The first-order valence-corrected chi connectivity index (χ1v) is 5.01. The van der Waals surface area contributed by atoms with Gasteiger partial charge in [-0.3, -0.25) is 9.78 Å². The first-order chi connectivity index (χ1) is 7.11. The molecule has 82 valence electrons. The molecule has 2 N–H and O–H groups in total. The zero-order chi connectivity index (χ0) is 11.3. The van der Waals surface area contributed by atoms with E-state index in [1.807, 2.05) is 18.2 Å². The number of amides is 1. The molecule has 0 aliphatic rings. The first-order valence-electron chi connectivity index (χ1n) is 5.01. The van der Waals surface area contributed by atoms with Gasteiger partial charge in [0.1, 0.15) is 0 Å². The third-order valence-corrected chi connectivity index (χ3v) is 2.20. The summed E-state index contributed by atoms with van der Waals surface area (Å²) in [5, 5.41) is 0. The Morgan fingerprint density at radius 1 is 1.60 bits per heavy atom. The van der Waals surface area contributed by atoms with Crippen LogP contribution in [0.4, 0.5) is 0 Å². The summed E-state index contributed by atoms with van der Waals surface area (Å²) in [6.07, 6.45) is 2.51. The molecule has 0 bridgehead atoms. The van der Waals surface area contributed by atoms with Gasteiger partial charge in [-0.2, -0.15) is 0 Å². The Labute approximate surface area is 90.1 Å². The lowest BCUT2D eigenvalue weighted by Gasteiger charge is -2.18. The summed E-state index contributed by atoms with van der Waals surface area (Å²) in [5.74, 6) is -0.0362. The van der Waals surface area contributed by atoms with Gasteiger partial charge in [0.25, 0.3) is 0 Å². The van der Waals surface area contributed by atoms with Crippen molar-refractivity contribution >= 4 is 5.91 Å². The van der Waals surface area contributed by atoms with Gasteiger partial charge in [0, 0.05) is 31.9 Å². The van der Waals surface area contributed by atoms with Crippen LogP contribution in [0.5, 0.6) is 0 Å². The average Bonchev–Trinajstić information content (AvgIpc) is 2.26. The fraction of sp³-hybridized carbons (Fsp3) is 0.455. The highest BCUT2D eigenvalue weighted by molar-refractivity contribution is 5.80. The normalized spacial score (nSPS) is 12.2. The Kier molecular flexibility index (Phi) is 4.24. The van der Waals surface area contributed by atoms with Gasteiger partial charge < -0.3 is 10.6 Å². The molecular formula is C11H17N3O. The van der Waals surface area contributed by atoms with Crippen LogP contribution in [0, 0.1) is 0 Å². The second-order valence-electron chi connectivity index (χ2n) is 3.62. The third-order valence-electron chi connectivity index (χ3n) is 2.20. The minimum absolute atomic E-state index is 0.0362. The van der Waals surface area contributed by atoms with E-state index in [0.717, 1.165) is 12.1 Å². The van der Waals surface area contributed by atoms with Crippen LogP contribution < -0.4 is 5.73 Å². The highest BCUT2D eigenvalue weighted by Crippen LogP contribution is 1.97. The van der Waals surface area contributed by atoms with Crippen molar-refractivity contribution in [3.63, 3.8) is 0 Å². The van der Waals surface area contributed by atoms with Gasteiger partial charge in [-0.15, -0.1) is 0 Å². The van der Waals surface area contributed by atoms with E-state index in [2.05, 4.69) is 4.98 Å². The highest BCUT2D eigenvalue weighted by Gasteiger charge is 2.12. The molecule has 0 saturated carbocycles. The van der Waals surface area contributed by atoms with Crippen LogP contribution in [0.15, 0.2) is 24.4 Å². The molecule has 1 rings (SSSR count). The van der Waals surface area contributed by atoms with Gasteiger partial charge in [0.05, 0.1) is 6.04 Å². The van der Waals surface area contributed by atoms with E-state index in [1.165, 1.54) is 0 Å². The van der Waals surface area contributed by atoms with Crippen molar-refractivity contribution < 1.29 is 4.79 Å². The number of hydrogen-bond acceptors (Lipinski definition) is 3. The lowest BCUT2D eigenvalue weighted by Crippen LogP contribution is -2.40. The molecule has 0 radical (unpaired) electrons. The monoisotopic (exact) mass is 207 g/mol. The summed E-state index contributed by atoms with van der Waals surface area (Å²) in [4.78, 5) is 17.3. The Morgan fingerprint density at radius 2 is 2.33 bits per heavy atom. The number of carbonyl (C=O) groups excluding carboxylic acids is 1. The fourth-order valence-electron chi connectivity index (χ4n) is 1.29. The number of nitrogens with two attached hydrogens (primary N) is 1. The predicted molar refractivity (Wildman–Crippen MR) is 59.2 cm³/mol. The van der Waals surface area contributed by atoms with Gasteiger partial charge >= 0.3 is 0 Å². The number of likely N-dealkylation sites (N-methyl/N-ethyl adjacent to an activating group) is 1. The topological polar surface area (TPSA) is 59.2 Å². The van der Waals surface area contributed by atoms with Crippen molar-refractivity contribution in [2.75, 3.05) is 13.6 Å². The second kappa shape index (κ2) is 5.46. The van der Waals surface area contributed by atoms with Crippen LogP contribution in [-0.4, -0.2) is 35.4 Å². The van der Waals surface area contributed by atoms with E-state index in [4.69, 9.17) is 5.73 Å². The van der Waals surface area contributed by atoms with Crippen LogP contribution in [0.2, 0.25) is 0 Å². The van der Waals surface area contributed by atoms with Crippen LogP contribution >= 0.6 is 0 Å². The number of pyridine rings is 1. The maximum atomic E-state index is 11.4. The third kappa shape index (κ3) is 3.67. The zero-order valence-corrected chi connectivity index (χ0v) is 9.18. The number of nitrogens with zero attached hydrogens (tertiary/aromatic N) is 2. The Morgan fingerprint density at radius 3 is 2.87 bits per heavy atom. The molecule has 0 aromatic carbocycles. The van der Waals surface area contributed by atoms with Crippen molar-refractivity contribution in [3.05, 3.63) is 30.1 Å². The van der Waals surface area contributed by atoms with Crippen molar-refractivity contribution in [2.45, 2.75) is 19.4 Å². The van der Waals surface area contributed by atoms with Crippen LogP contribution in [0.3, 0.4) is 0 Å². The summed E-state index contributed by atoms with van der Waals surface area (Å²) in [6, 6.07) is 5.33. The van der Waals surface area contributed by atoms with Crippen molar-refractivity contribution in [1.29, 1.82) is 0 Å². The Hall–Kier alpha value is -1.42. The number of carbonyl (C=O) groups is 1. The summed E-state index contributed by atoms with van der Waals surface area (Å²) >= 11 is 0. The molecule has 0 fully saturated rings. The van der Waals surface area contributed by atoms with E-state index < -0.39 is 6.04 Å². The van der Waals surface area contributed by atoms with Gasteiger partial charge in [0.2, 0.25) is 5.91 Å². The van der Waals surface area contributed by atoms with Gasteiger partial charge in [-0.05, 0) is 19.1 Å². The number of hydrogen-bond donors (Lipinski definition) is 1. The van der Waals surface area contributed by atoms with Crippen LogP contribution in [0.1, 0.15) is 12.6 Å². The fourth-order valence-corrected chi connectivity index (χ4v) is 1.29. The standard InChI is InChI=1S/C11H17N3O/c1-9(12)11(15)14(2)8-6-10-5-3-4-7-13-10/h3-5,7,9H,6,8,12H2,1-2H3/t9-/m1/s1. The van der Waals surface area contributed by atoms with Gasteiger partial charge in [0.15, 0.2) is 0 Å². The Balaban J connectivity index is 2.41. The van der Waals surface area contributed by atoms with Crippen molar-refractivity contribution in [1.82, 2.24) is 9.88 Å². The molecule has 0 aliphatic carbocycles. The molecule has 1 heterocycles. The van der Waals surface area contributed by atoms with Crippen LogP contribution in [0.25, 0.3) is 0 Å². The van der Waals surface area contributed by atoms with E-state index >= 15 is 0 Å². The van der Waals surface area contributed by atoms with E-state index in [-0.39, 0.29) is 5.91 Å². The quantitative estimate of drug-likeness (QED) is 0.779. The average molecular weight is 207 g/mol. The summed E-state index contributed by atoms with van der Waals surface area (Å²) in [6.45, 7) is 2.34. The SMILES string of the molecule is C[C@@H](N)C(=O)N(C)CCc1ccccn1. The molecular weight excluding hydrogens is 190 g/mol. The molecule has 4 nitrogen and oxygen atoms in total. The largest absolute Gasteiger partial charge is 0.344 e. The maximum absolute atomic E-state index is 11.4. The molecule has 0 unspecified atom stereocenters. The molecule has 0 spiro atoms. The molecule has 0 saturated heterocycles. The molecule has 1 aromatic heterocycles. The van der Waals surface area contributed by atoms with E-state index in [1.54, 1.807) is 25.1 Å². The Bertz CT molecular complexity index is 311. The van der Waals surface area contributed by atoms with E-state index in [9.17, 15) is 4.79 Å². The molecule has 4 heteroatoms. The number of rotatable bonds is 4. The van der Waals surface area contributed by atoms with Crippen molar-refractivity contribution in [2.24, 2.45) is 5.73 Å². The lowest BCUT2D eigenvalue weighted by atomic mass is 10.2. The summed E-state index contributed by atoms with van der Waals surface area (Å²) in [7, 11) is 1.76. The lowest BCUT2D eigenvalue weighted by molar-refractivity contribution is -0.130. The zero-order valence-electron chi connectivity index (χ0n) is 9.18. The van der Waals surface area contributed by atoms with Gasteiger partial charge in [-0.25, -0.2) is 0 Å². The summed E-state index contributed by atoms with van der Waals surface area (Å²) < 4.78 is 0. The minimum atomic E-state index is -0.432. The highest BCUT2D eigenvalue weighted by atomic mass is 16.2. The summed E-state index contributed by atoms with van der Waals surface area (Å²) in [5.41, 5.74) is 6.49. The van der Waals surface area contributed by atoms with Crippen molar-refractivity contribution in [3.8, 4) is 0 Å². The smallest absolute Gasteiger partial charge is 0.238 e. The maximum Gasteiger partial charge on any atom is 0.238 e. The van der Waals surface area contributed by atoms with Crippen LogP contribution in [-0.2, 0) is 11.2 Å². The second-order valence-corrected chi connectivity index (χ2v) is 3.62. The minimum Gasteiger partial charge on any atom is -0.344 e. The van der Waals surface area contributed by atoms with E-state index in [0.29, 0.717) is 6.54 Å². The van der Waals surface area contributed by atoms with Gasteiger partial charge in [-0.1, -0.05) is 6.07 Å². The molecule has 1 amide bonds. The number of aromatic nitrogens is 1. The molecule has 1 aromatic rings. The first kappa shape index (κ1) is 11.7. The predicted octanol–water partition coefficient (Wildman–Crippen LogP) is 0.430. The molecule has 0 aliphatic heterocycles. The molecule has 15 heavy (non-hydrogen) atoms.